The molecule has 2 aliphatic rings. The summed E-state index contributed by atoms with van der Waals surface area (Å²) < 4.78 is 15.9. The fourth-order valence-electron chi connectivity index (χ4n) is 3.64. The number of ether oxygens (including phenoxy) is 3. The van der Waals surface area contributed by atoms with Gasteiger partial charge in [-0.05, 0) is 48.6 Å². The Kier molecular flexibility index (Phi) is 5.97. The summed E-state index contributed by atoms with van der Waals surface area (Å²) in [5.74, 6) is 0.0361. The number of anilines is 1. The molecule has 156 valence electrons. The van der Waals surface area contributed by atoms with Gasteiger partial charge in [-0.2, -0.15) is 0 Å². The van der Waals surface area contributed by atoms with Crippen molar-refractivity contribution in [3.8, 4) is 11.5 Å². The van der Waals surface area contributed by atoms with Crippen molar-refractivity contribution < 1.29 is 28.6 Å². The third-order valence-corrected chi connectivity index (χ3v) is 5.17. The van der Waals surface area contributed by atoms with Crippen LogP contribution in [0.1, 0.15) is 40.7 Å². The second-order valence-electron chi connectivity index (χ2n) is 7.33. The maximum atomic E-state index is 12.3. The van der Waals surface area contributed by atoms with E-state index in [-0.39, 0.29) is 18.6 Å². The summed E-state index contributed by atoms with van der Waals surface area (Å²) in [5.41, 5.74) is 3.67. The third kappa shape index (κ3) is 4.79. The maximum absolute atomic E-state index is 12.3. The molecule has 4 rings (SSSR count). The van der Waals surface area contributed by atoms with Crippen molar-refractivity contribution in [1.82, 2.24) is 0 Å². The molecule has 2 aromatic rings. The van der Waals surface area contributed by atoms with Gasteiger partial charge in [-0.1, -0.05) is 12.1 Å². The van der Waals surface area contributed by atoms with Crippen LogP contribution in [0.5, 0.6) is 11.5 Å². The van der Waals surface area contributed by atoms with E-state index < -0.39 is 18.5 Å². The van der Waals surface area contributed by atoms with Crippen molar-refractivity contribution in [2.45, 2.75) is 32.1 Å². The predicted molar refractivity (Wildman–Crippen MR) is 109 cm³/mol. The first kappa shape index (κ1) is 19.9. The molecule has 2 aromatic carbocycles. The summed E-state index contributed by atoms with van der Waals surface area (Å²) >= 11 is 0. The van der Waals surface area contributed by atoms with Crippen LogP contribution >= 0.6 is 0 Å². The molecule has 0 aromatic heterocycles. The molecule has 0 radical (unpaired) electrons. The van der Waals surface area contributed by atoms with Crippen molar-refractivity contribution in [1.29, 1.82) is 0 Å². The minimum Gasteiger partial charge on any atom is -0.486 e. The molecular weight excluding hydrogens is 386 g/mol. The molecule has 7 heteroatoms. The molecular formula is C23H23NO6. The van der Waals surface area contributed by atoms with Crippen LogP contribution in [-0.4, -0.2) is 37.5 Å². The molecule has 0 saturated heterocycles. The average molecular weight is 409 g/mol. The number of ketones is 1. The van der Waals surface area contributed by atoms with Crippen LogP contribution in [-0.2, 0) is 27.2 Å². The van der Waals surface area contributed by atoms with Gasteiger partial charge in [-0.3, -0.25) is 14.4 Å². The fraction of sp³-hybridized carbons (Fsp3) is 0.348. The van der Waals surface area contributed by atoms with E-state index >= 15 is 0 Å². The number of hydrogen-bond donors (Lipinski definition) is 1. The number of aryl methyl sites for hydroxylation is 2. The largest absolute Gasteiger partial charge is 0.486 e. The topological polar surface area (TPSA) is 90.9 Å². The van der Waals surface area contributed by atoms with Crippen LogP contribution < -0.4 is 14.8 Å². The molecule has 30 heavy (non-hydrogen) atoms. The van der Waals surface area contributed by atoms with Crippen LogP contribution in [0.2, 0.25) is 0 Å². The van der Waals surface area contributed by atoms with Crippen molar-refractivity contribution >= 4 is 23.3 Å². The van der Waals surface area contributed by atoms with Gasteiger partial charge in [-0.15, -0.1) is 0 Å². The number of fused-ring (bicyclic) bond motifs is 2. The number of esters is 1. The zero-order valence-electron chi connectivity index (χ0n) is 16.6. The first-order valence-corrected chi connectivity index (χ1v) is 10.1. The summed E-state index contributed by atoms with van der Waals surface area (Å²) in [6.07, 6.45) is 3.17. The second kappa shape index (κ2) is 8.98. The number of hydrogen-bond acceptors (Lipinski definition) is 6. The molecule has 1 heterocycles. The van der Waals surface area contributed by atoms with E-state index in [0.29, 0.717) is 36.0 Å². The summed E-state index contributed by atoms with van der Waals surface area (Å²) in [5, 5.41) is 2.64. The van der Waals surface area contributed by atoms with Gasteiger partial charge in [0.2, 0.25) is 0 Å². The molecule has 1 aliphatic heterocycles. The van der Waals surface area contributed by atoms with Crippen molar-refractivity contribution in [2.24, 2.45) is 0 Å². The van der Waals surface area contributed by atoms with E-state index in [1.54, 1.807) is 18.2 Å². The van der Waals surface area contributed by atoms with Gasteiger partial charge in [0.05, 0.1) is 6.42 Å². The lowest BCUT2D eigenvalue weighted by Crippen LogP contribution is -2.21. The standard InChI is InChI=1S/C23H23NO6/c25-19(17-5-4-15-2-1-3-16(15)12-17)7-9-23(27)30-14-22(26)24-18-6-8-20-21(13-18)29-11-10-28-20/h4-6,8,12-13H,1-3,7,9-11,14H2,(H,24,26). The Morgan fingerprint density at radius 3 is 2.57 bits per heavy atom. The number of carbonyl (C=O) groups excluding carboxylic acids is 3. The Balaban J connectivity index is 1.21. The van der Waals surface area contributed by atoms with E-state index in [9.17, 15) is 14.4 Å². The first-order chi connectivity index (χ1) is 14.6. The van der Waals surface area contributed by atoms with E-state index in [1.807, 2.05) is 18.2 Å². The lowest BCUT2D eigenvalue weighted by molar-refractivity contribution is -0.147. The van der Waals surface area contributed by atoms with Crippen molar-refractivity contribution in [3.05, 3.63) is 53.1 Å². The summed E-state index contributed by atoms with van der Waals surface area (Å²) in [6, 6.07) is 10.8. The first-order valence-electron chi connectivity index (χ1n) is 10.1. The number of rotatable bonds is 7. The highest BCUT2D eigenvalue weighted by molar-refractivity contribution is 5.98. The van der Waals surface area contributed by atoms with Gasteiger partial charge in [-0.25, -0.2) is 0 Å². The van der Waals surface area contributed by atoms with Gasteiger partial charge >= 0.3 is 5.97 Å². The van der Waals surface area contributed by atoms with Gasteiger partial charge in [0.1, 0.15) is 13.2 Å². The summed E-state index contributed by atoms with van der Waals surface area (Å²) in [6.45, 7) is 0.524. The normalized spacial score (nSPS) is 14.0. The number of nitrogens with one attached hydrogen (secondary N) is 1. The van der Waals surface area contributed by atoms with Crippen LogP contribution in [0, 0.1) is 0 Å². The Labute approximate surface area is 174 Å². The predicted octanol–water partition coefficient (Wildman–Crippen LogP) is 3.09. The highest BCUT2D eigenvalue weighted by atomic mass is 16.6. The van der Waals surface area contributed by atoms with Crippen molar-refractivity contribution in [2.75, 3.05) is 25.1 Å². The number of carbonyl (C=O) groups is 3. The van der Waals surface area contributed by atoms with Gasteiger partial charge < -0.3 is 19.5 Å². The minimum atomic E-state index is -0.582. The van der Waals surface area contributed by atoms with Gasteiger partial charge in [0.25, 0.3) is 5.91 Å². The number of Topliss-reactive ketones (excluding diaryl/α,β-unsaturated/α-hetero) is 1. The quantitative estimate of drug-likeness (QED) is 0.558. The highest BCUT2D eigenvalue weighted by Crippen LogP contribution is 2.32. The Bertz CT molecular complexity index is 984. The molecule has 0 atom stereocenters. The highest BCUT2D eigenvalue weighted by Gasteiger charge is 2.16. The van der Waals surface area contributed by atoms with Crippen LogP contribution in [0.4, 0.5) is 5.69 Å². The lowest BCUT2D eigenvalue weighted by Gasteiger charge is -2.19. The zero-order valence-corrected chi connectivity index (χ0v) is 16.6. The molecule has 1 aliphatic carbocycles. The third-order valence-electron chi connectivity index (χ3n) is 5.17. The second-order valence-corrected chi connectivity index (χ2v) is 7.33. The Hall–Kier alpha value is -3.35. The van der Waals surface area contributed by atoms with E-state index in [4.69, 9.17) is 14.2 Å². The van der Waals surface area contributed by atoms with Crippen LogP contribution in [0.15, 0.2) is 36.4 Å². The van der Waals surface area contributed by atoms with Crippen molar-refractivity contribution in [3.63, 3.8) is 0 Å². The average Bonchev–Trinajstić information content (AvgIpc) is 3.24. The molecule has 0 bridgehead atoms. The summed E-state index contributed by atoms with van der Waals surface area (Å²) in [7, 11) is 0. The van der Waals surface area contributed by atoms with E-state index in [2.05, 4.69) is 5.32 Å². The molecule has 0 spiro atoms. The van der Waals surface area contributed by atoms with E-state index in [1.165, 1.54) is 11.1 Å². The zero-order chi connectivity index (χ0) is 20.9. The fourth-order valence-corrected chi connectivity index (χ4v) is 3.64. The number of benzene rings is 2. The molecule has 1 amide bonds. The Morgan fingerprint density at radius 2 is 1.70 bits per heavy atom. The molecule has 1 N–H and O–H groups in total. The lowest BCUT2D eigenvalue weighted by atomic mass is 10.0. The molecule has 0 unspecified atom stereocenters. The molecule has 7 nitrogen and oxygen atoms in total. The van der Waals surface area contributed by atoms with Crippen LogP contribution in [0.25, 0.3) is 0 Å². The monoisotopic (exact) mass is 409 g/mol. The SMILES string of the molecule is O=C(COC(=O)CCC(=O)c1ccc2c(c1)CCC2)Nc1ccc2c(c1)OCCO2. The summed E-state index contributed by atoms with van der Waals surface area (Å²) in [4.78, 5) is 36.3. The smallest absolute Gasteiger partial charge is 0.306 e. The van der Waals surface area contributed by atoms with Crippen LogP contribution in [0.3, 0.4) is 0 Å². The minimum absolute atomic E-state index is 0.0569. The Morgan fingerprint density at radius 1 is 0.900 bits per heavy atom. The van der Waals surface area contributed by atoms with Gasteiger partial charge in [0.15, 0.2) is 23.9 Å². The number of amides is 1. The molecule has 0 saturated carbocycles. The van der Waals surface area contributed by atoms with E-state index in [0.717, 1.165) is 19.3 Å². The molecule has 0 fully saturated rings. The maximum Gasteiger partial charge on any atom is 0.306 e. The van der Waals surface area contributed by atoms with Gasteiger partial charge in [0, 0.05) is 23.7 Å².